The fraction of sp³-hybridized carbons (Fsp3) is 0.733. The van der Waals surface area contributed by atoms with Crippen molar-refractivity contribution in [3.8, 4) is 0 Å². The van der Waals surface area contributed by atoms with E-state index in [0.29, 0.717) is 5.82 Å². The van der Waals surface area contributed by atoms with E-state index in [1.807, 2.05) is 6.07 Å². The van der Waals surface area contributed by atoms with Crippen LogP contribution in [0.3, 0.4) is 0 Å². The Hall–Kier alpha value is -1.36. The molecule has 20 heavy (non-hydrogen) atoms. The second-order valence-corrected chi connectivity index (χ2v) is 7.39. The number of rotatable bonds is 2. The van der Waals surface area contributed by atoms with E-state index >= 15 is 0 Å². The van der Waals surface area contributed by atoms with Gasteiger partial charge < -0.3 is 10.6 Å². The van der Waals surface area contributed by atoms with Crippen LogP contribution in [-0.4, -0.2) is 28.7 Å². The quantitative estimate of drug-likeness (QED) is 0.778. The molecule has 1 saturated heterocycles. The number of carbonyl (C=O) groups excluding carboxylic acids is 1. The molecule has 1 aliphatic rings. The lowest BCUT2D eigenvalue weighted by Crippen LogP contribution is -2.53. The maximum Gasteiger partial charge on any atom is 0.243 e. The summed E-state index contributed by atoms with van der Waals surface area (Å²) < 4.78 is 0. The van der Waals surface area contributed by atoms with Crippen molar-refractivity contribution in [2.75, 3.05) is 11.9 Å². The predicted octanol–water partition coefficient (Wildman–Crippen LogP) is 2.42. The Bertz CT molecular complexity index is 484. The van der Waals surface area contributed by atoms with E-state index in [0.717, 1.165) is 25.1 Å². The first-order valence-corrected chi connectivity index (χ1v) is 7.30. The smallest absolute Gasteiger partial charge is 0.243 e. The molecule has 3 N–H and O–H groups in total. The van der Waals surface area contributed by atoms with Crippen molar-refractivity contribution in [2.45, 2.75) is 58.9 Å². The van der Waals surface area contributed by atoms with Crippen LogP contribution in [0.2, 0.25) is 0 Å². The van der Waals surface area contributed by atoms with Gasteiger partial charge in [0.2, 0.25) is 5.91 Å². The summed E-state index contributed by atoms with van der Waals surface area (Å²) in [5.74, 6) is 0.602. The highest BCUT2D eigenvalue weighted by atomic mass is 16.2. The number of nitrogens with one attached hydrogen (secondary N) is 3. The summed E-state index contributed by atoms with van der Waals surface area (Å²) in [5.41, 5.74) is 0.993. The van der Waals surface area contributed by atoms with E-state index in [1.165, 1.54) is 0 Å². The molecule has 5 nitrogen and oxygen atoms in total. The molecule has 1 unspecified atom stereocenters. The van der Waals surface area contributed by atoms with Crippen LogP contribution in [0.5, 0.6) is 0 Å². The Balaban J connectivity index is 2.06. The summed E-state index contributed by atoms with van der Waals surface area (Å²) in [6, 6.07) is 1.75. The van der Waals surface area contributed by atoms with Gasteiger partial charge in [-0.3, -0.25) is 9.89 Å². The number of H-pyrrole nitrogens is 1. The molecule has 0 radical (unpaired) electrons. The van der Waals surface area contributed by atoms with Crippen LogP contribution in [0.1, 0.15) is 53.2 Å². The second kappa shape index (κ2) is 5.20. The molecule has 1 fully saturated rings. The molecule has 2 heterocycles. The van der Waals surface area contributed by atoms with Gasteiger partial charge in [-0.25, -0.2) is 0 Å². The number of carbonyl (C=O) groups is 1. The molecule has 0 aliphatic carbocycles. The highest BCUT2D eigenvalue weighted by molar-refractivity contribution is 5.94. The monoisotopic (exact) mass is 278 g/mol. The average Bonchev–Trinajstić information content (AvgIpc) is 2.76. The van der Waals surface area contributed by atoms with Crippen molar-refractivity contribution < 1.29 is 4.79 Å². The molecule has 1 atom stereocenters. The Morgan fingerprint density at radius 3 is 2.70 bits per heavy atom. The molecule has 1 aliphatic heterocycles. The van der Waals surface area contributed by atoms with Crippen LogP contribution in [0, 0.1) is 5.41 Å². The van der Waals surface area contributed by atoms with Gasteiger partial charge >= 0.3 is 0 Å². The molecule has 0 saturated carbocycles. The first-order valence-electron chi connectivity index (χ1n) is 7.30. The summed E-state index contributed by atoms with van der Waals surface area (Å²) in [6.45, 7) is 11.5. The van der Waals surface area contributed by atoms with Gasteiger partial charge in [-0.2, -0.15) is 5.10 Å². The first-order chi connectivity index (χ1) is 9.20. The van der Waals surface area contributed by atoms with Crippen molar-refractivity contribution in [1.82, 2.24) is 15.5 Å². The zero-order valence-corrected chi connectivity index (χ0v) is 13.1. The Morgan fingerprint density at radius 2 is 2.15 bits per heavy atom. The zero-order chi connectivity index (χ0) is 15.0. The summed E-state index contributed by atoms with van der Waals surface area (Å²) in [7, 11) is 0. The molecular weight excluding hydrogens is 252 g/mol. The summed E-state index contributed by atoms with van der Waals surface area (Å²) >= 11 is 0. The van der Waals surface area contributed by atoms with Crippen LogP contribution in [0.25, 0.3) is 0 Å². The van der Waals surface area contributed by atoms with Crippen molar-refractivity contribution in [3.05, 3.63) is 11.8 Å². The Labute approximate surface area is 120 Å². The molecule has 1 aromatic rings. The molecule has 1 amide bonds. The van der Waals surface area contributed by atoms with Gasteiger partial charge in [-0.1, -0.05) is 34.6 Å². The zero-order valence-electron chi connectivity index (χ0n) is 13.1. The fourth-order valence-corrected chi connectivity index (χ4v) is 2.63. The Morgan fingerprint density at radius 1 is 1.45 bits per heavy atom. The van der Waals surface area contributed by atoms with Crippen molar-refractivity contribution in [1.29, 1.82) is 0 Å². The molecule has 0 spiro atoms. The topological polar surface area (TPSA) is 69.8 Å². The van der Waals surface area contributed by atoms with E-state index in [9.17, 15) is 4.79 Å². The van der Waals surface area contributed by atoms with Gasteiger partial charge in [0.1, 0.15) is 0 Å². The van der Waals surface area contributed by atoms with Crippen LogP contribution < -0.4 is 10.6 Å². The van der Waals surface area contributed by atoms with Crippen molar-refractivity contribution >= 4 is 11.7 Å². The predicted molar refractivity (Wildman–Crippen MR) is 80.7 cm³/mol. The lowest BCUT2D eigenvalue weighted by Gasteiger charge is -2.38. The number of piperidine rings is 1. The van der Waals surface area contributed by atoms with Crippen LogP contribution in [0.15, 0.2) is 6.07 Å². The van der Waals surface area contributed by atoms with Gasteiger partial charge in [0, 0.05) is 17.2 Å². The number of hydrogen-bond acceptors (Lipinski definition) is 3. The number of amides is 1. The standard InChI is InChI=1S/C15H26N4O/c1-14(2,3)10-9-11(19-18-10)17-13(20)12-15(4,5)7-6-8-16-12/h9,12,16H,6-8H2,1-5H3,(H2,17,18,19,20). The average molecular weight is 278 g/mol. The fourth-order valence-electron chi connectivity index (χ4n) is 2.63. The number of hydrogen-bond donors (Lipinski definition) is 3. The lowest BCUT2D eigenvalue weighted by molar-refractivity contribution is -0.121. The highest BCUT2D eigenvalue weighted by Crippen LogP contribution is 2.31. The minimum atomic E-state index is -0.161. The SMILES string of the molecule is CC(C)(C)c1cc(NC(=O)C2NCCCC2(C)C)n[nH]1. The largest absolute Gasteiger partial charge is 0.308 e. The van der Waals surface area contributed by atoms with Crippen molar-refractivity contribution in [2.24, 2.45) is 5.41 Å². The van der Waals surface area contributed by atoms with Gasteiger partial charge in [-0.05, 0) is 24.8 Å². The van der Waals surface area contributed by atoms with Crippen LogP contribution in [0.4, 0.5) is 5.82 Å². The highest BCUT2D eigenvalue weighted by Gasteiger charge is 2.37. The minimum Gasteiger partial charge on any atom is -0.308 e. The van der Waals surface area contributed by atoms with E-state index in [2.05, 4.69) is 55.4 Å². The maximum atomic E-state index is 12.4. The lowest BCUT2D eigenvalue weighted by atomic mass is 9.77. The maximum absolute atomic E-state index is 12.4. The third kappa shape index (κ3) is 3.20. The number of aromatic nitrogens is 2. The van der Waals surface area contributed by atoms with E-state index in [-0.39, 0.29) is 22.8 Å². The number of aromatic amines is 1. The first kappa shape index (κ1) is 15.0. The van der Waals surface area contributed by atoms with Gasteiger partial charge in [0.15, 0.2) is 5.82 Å². The second-order valence-electron chi connectivity index (χ2n) is 7.39. The molecule has 112 valence electrons. The molecule has 2 rings (SSSR count). The minimum absolute atomic E-state index is 0.00154. The van der Waals surface area contributed by atoms with E-state index < -0.39 is 0 Å². The Kier molecular flexibility index (Phi) is 3.91. The van der Waals surface area contributed by atoms with Crippen LogP contribution >= 0.6 is 0 Å². The molecule has 0 bridgehead atoms. The number of nitrogens with zero attached hydrogens (tertiary/aromatic N) is 1. The molecule has 1 aromatic heterocycles. The van der Waals surface area contributed by atoms with Crippen LogP contribution in [-0.2, 0) is 10.2 Å². The van der Waals surface area contributed by atoms with E-state index in [4.69, 9.17) is 0 Å². The summed E-state index contributed by atoms with van der Waals surface area (Å²) in [5, 5.41) is 13.4. The normalized spacial score (nSPS) is 22.6. The molecule has 0 aromatic carbocycles. The van der Waals surface area contributed by atoms with Crippen molar-refractivity contribution in [3.63, 3.8) is 0 Å². The summed E-state index contributed by atoms with van der Waals surface area (Å²) in [6.07, 6.45) is 2.18. The molecular formula is C15H26N4O. The third-order valence-corrected chi connectivity index (χ3v) is 4.03. The van der Waals surface area contributed by atoms with Gasteiger partial charge in [0.25, 0.3) is 0 Å². The summed E-state index contributed by atoms with van der Waals surface area (Å²) in [4.78, 5) is 12.4. The van der Waals surface area contributed by atoms with Gasteiger partial charge in [-0.15, -0.1) is 0 Å². The van der Waals surface area contributed by atoms with E-state index in [1.54, 1.807) is 0 Å². The van der Waals surface area contributed by atoms with Gasteiger partial charge in [0.05, 0.1) is 6.04 Å². The third-order valence-electron chi connectivity index (χ3n) is 4.03. The molecule has 5 heteroatoms. The number of anilines is 1.